The summed E-state index contributed by atoms with van der Waals surface area (Å²) in [7, 11) is -2.74. The number of halogens is 1. The molecule has 0 aromatic carbocycles. The van der Waals surface area contributed by atoms with Gasteiger partial charge in [-0.15, -0.1) is 0 Å². The van der Waals surface area contributed by atoms with Crippen LogP contribution in [0.2, 0.25) is 36.3 Å². The van der Waals surface area contributed by atoms with Crippen molar-refractivity contribution in [2.45, 2.75) is 103 Å². The Morgan fingerprint density at radius 3 is 2.17 bits per heavy atom. The number of fused-ring (bicyclic) bond motifs is 1. The largest absolute Gasteiger partial charge is 0.479 e. The summed E-state index contributed by atoms with van der Waals surface area (Å²) in [4.78, 5) is 12.3. The van der Waals surface area contributed by atoms with Crippen LogP contribution in [0.15, 0.2) is 0 Å². The Kier molecular flexibility index (Phi) is 7.48. The lowest BCUT2D eigenvalue weighted by molar-refractivity contribution is -0.0418. The minimum absolute atomic E-state index is 0.0118. The third-order valence-corrected chi connectivity index (χ3v) is 16.8. The van der Waals surface area contributed by atoms with Crippen LogP contribution in [0.4, 0.5) is 10.3 Å². The molecule has 1 fully saturated rings. The molecule has 1 saturated heterocycles. The summed E-state index contributed by atoms with van der Waals surface area (Å²) >= 11 is 0. The lowest BCUT2D eigenvalue weighted by atomic mass is 10.2. The third-order valence-electron chi connectivity index (χ3n) is 7.81. The highest BCUT2D eigenvalue weighted by Crippen LogP contribution is 2.43. The number of rotatable bonds is 7. The standard InChI is InChI=1S/C23H42FN5O4Si2/c1-22(2,3)34(8,9)31-13-15-14(33-35(10,11)23(4,5)6)12-16(32-15)29-18-17(26-20(29)24)19(30-7)28-21(25)27-18/h14-16H,12-13H2,1-11H3,(H2,25,27,28). The van der Waals surface area contributed by atoms with Crippen LogP contribution < -0.4 is 10.5 Å². The molecule has 2 N–H and O–H groups in total. The van der Waals surface area contributed by atoms with Gasteiger partial charge in [-0.2, -0.15) is 19.3 Å². The van der Waals surface area contributed by atoms with Crippen LogP contribution >= 0.6 is 0 Å². The fourth-order valence-corrected chi connectivity index (χ4v) is 5.90. The summed E-state index contributed by atoms with van der Waals surface area (Å²) in [5, 5.41) is 0.0658. The Bertz CT molecular complexity index is 1060. The average molecular weight is 528 g/mol. The van der Waals surface area contributed by atoms with Gasteiger partial charge in [-0.25, -0.2) is 0 Å². The Labute approximate surface area is 210 Å². The van der Waals surface area contributed by atoms with Crippen LogP contribution in [-0.2, 0) is 13.6 Å². The fourth-order valence-electron chi connectivity index (χ4n) is 3.53. The second-order valence-electron chi connectivity index (χ2n) is 12.4. The lowest BCUT2D eigenvalue weighted by Crippen LogP contribution is -2.48. The number of hydrogen-bond donors (Lipinski definition) is 1. The number of nitrogen functional groups attached to an aromatic ring is 1. The van der Waals surface area contributed by atoms with Gasteiger partial charge in [0.1, 0.15) is 12.3 Å². The summed E-state index contributed by atoms with van der Waals surface area (Å²) in [5.74, 6) is 0.0930. The molecule has 0 bridgehead atoms. The van der Waals surface area contributed by atoms with Crippen molar-refractivity contribution in [2.24, 2.45) is 0 Å². The molecule has 0 saturated carbocycles. The van der Waals surface area contributed by atoms with E-state index < -0.39 is 28.9 Å². The number of ether oxygens (including phenoxy) is 2. The zero-order valence-electron chi connectivity index (χ0n) is 23.0. The summed E-state index contributed by atoms with van der Waals surface area (Å²) in [6.07, 6.45) is -1.60. The van der Waals surface area contributed by atoms with Crippen LogP contribution in [0.1, 0.15) is 54.2 Å². The van der Waals surface area contributed by atoms with E-state index in [0.717, 1.165) is 0 Å². The van der Waals surface area contributed by atoms with Gasteiger partial charge in [-0.1, -0.05) is 41.5 Å². The Hall–Kier alpha value is -1.61. The molecule has 0 aliphatic carbocycles. The molecule has 0 amide bonds. The first-order chi connectivity index (χ1) is 15.9. The van der Waals surface area contributed by atoms with E-state index in [9.17, 15) is 0 Å². The van der Waals surface area contributed by atoms with Gasteiger partial charge in [0.15, 0.2) is 27.8 Å². The van der Waals surface area contributed by atoms with E-state index in [2.05, 4.69) is 82.7 Å². The van der Waals surface area contributed by atoms with E-state index in [1.807, 2.05) is 0 Å². The van der Waals surface area contributed by atoms with Crippen molar-refractivity contribution >= 4 is 33.7 Å². The highest BCUT2D eigenvalue weighted by molar-refractivity contribution is 6.74. The zero-order chi connectivity index (χ0) is 26.6. The van der Waals surface area contributed by atoms with Gasteiger partial charge in [0.05, 0.1) is 19.8 Å². The highest BCUT2D eigenvalue weighted by atomic mass is 28.4. The van der Waals surface area contributed by atoms with Crippen LogP contribution in [0.25, 0.3) is 11.2 Å². The Morgan fingerprint density at radius 2 is 1.63 bits per heavy atom. The summed E-state index contributed by atoms with van der Waals surface area (Å²) in [6, 6.07) is 0. The van der Waals surface area contributed by atoms with Crippen molar-refractivity contribution < 1.29 is 22.7 Å². The number of aromatic nitrogens is 4. The molecule has 0 radical (unpaired) electrons. The number of methoxy groups -OCH3 is 1. The van der Waals surface area contributed by atoms with Crippen molar-refractivity contribution in [3.05, 3.63) is 6.08 Å². The summed E-state index contributed by atoms with van der Waals surface area (Å²) in [6.45, 7) is 22.4. The van der Waals surface area contributed by atoms with Crippen LogP contribution in [-0.4, -0.2) is 62.1 Å². The quantitative estimate of drug-likeness (QED) is 0.384. The van der Waals surface area contributed by atoms with Crippen LogP contribution in [0.3, 0.4) is 0 Å². The van der Waals surface area contributed by atoms with Crippen LogP contribution in [0.5, 0.6) is 5.88 Å². The molecule has 1 aliphatic rings. The first kappa shape index (κ1) is 28.0. The lowest BCUT2D eigenvalue weighted by Gasteiger charge is -2.40. The molecule has 12 heteroatoms. The maximum absolute atomic E-state index is 15.2. The summed E-state index contributed by atoms with van der Waals surface area (Å²) in [5.41, 5.74) is 6.29. The van der Waals surface area contributed by atoms with Gasteiger partial charge in [0, 0.05) is 6.42 Å². The first-order valence-corrected chi connectivity index (χ1v) is 17.9. The number of imidazole rings is 1. The molecule has 9 nitrogen and oxygen atoms in total. The molecular formula is C23H42FN5O4Si2. The SMILES string of the molecule is COc1nc(N)nc2c1nc(F)n2C1CC(O[Si](C)(C)C(C)(C)C)C(CO[Si](C)(C)C(C)(C)C)O1. The van der Waals surface area contributed by atoms with Crippen molar-refractivity contribution in [2.75, 3.05) is 19.5 Å². The maximum Gasteiger partial charge on any atom is 0.293 e. The first-order valence-electron chi connectivity index (χ1n) is 12.1. The van der Waals surface area contributed by atoms with Gasteiger partial charge in [0.2, 0.25) is 11.8 Å². The molecule has 3 rings (SSSR count). The average Bonchev–Trinajstić information content (AvgIpc) is 3.23. The Morgan fingerprint density at radius 1 is 1.03 bits per heavy atom. The zero-order valence-corrected chi connectivity index (χ0v) is 25.0. The second kappa shape index (κ2) is 9.36. The minimum Gasteiger partial charge on any atom is -0.479 e. The van der Waals surface area contributed by atoms with Crippen molar-refractivity contribution in [1.82, 2.24) is 19.5 Å². The number of hydrogen-bond acceptors (Lipinski definition) is 8. The van der Waals surface area contributed by atoms with Gasteiger partial charge < -0.3 is 24.1 Å². The normalized spacial score (nSPS) is 22.2. The van der Waals surface area contributed by atoms with Gasteiger partial charge in [-0.3, -0.25) is 4.57 Å². The topological polar surface area (TPSA) is 107 Å². The van der Waals surface area contributed by atoms with E-state index in [1.165, 1.54) is 11.7 Å². The van der Waals surface area contributed by atoms with Gasteiger partial charge in [-0.05, 0) is 36.3 Å². The van der Waals surface area contributed by atoms with E-state index in [1.54, 1.807) is 0 Å². The molecule has 3 heterocycles. The highest BCUT2D eigenvalue weighted by Gasteiger charge is 2.47. The van der Waals surface area contributed by atoms with Crippen LogP contribution in [0, 0.1) is 6.08 Å². The predicted octanol–water partition coefficient (Wildman–Crippen LogP) is 5.26. The molecule has 2 aromatic rings. The number of anilines is 1. The molecule has 3 unspecified atom stereocenters. The minimum atomic E-state index is -2.14. The molecule has 3 atom stereocenters. The summed E-state index contributed by atoms with van der Waals surface area (Å²) < 4.78 is 41.5. The van der Waals surface area contributed by atoms with E-state index >= 15 is 4.39 Å². The number of nitrogens with zero attached hydrogens (tertiary/aromatic N) is 4. The maximum atomic E-state index is 15.2. The molecule has 198 valence electrons. The van der Waals surface area contributed by atoms with Crippen molar-refractivity contribution in [1.29, 1.82) is 0 Å². The van der Waals surface area contributed by atoms with E-state index in [4.69, 9.17) is 24.1 Å². The monoisotopic (exact) mass is 527 g/mol. The van der Waals surface area contributed by atoms with Gasteiger partial charge in [0.25, 0.3) is 6.08 Å². The second-order valence-corrected chi connectivity index (χ2v) is 21.9. The van der Waals surface area contributed by atoms with Crippen molar-refractivity contribution in [3.8, 4) is 5.88 Å². The molecule has 35 heavy (non-hydrogen) atoms. The molecule has 1 aliphatic heterocycles. The van der Waals surface area contributed by atoms with Crippen molar-refractivity contribution in [3.63, 3.8) is 0 Å². The molecular weight excluding hydrogens is 485 g/mol. The smallest absolute Gasteiger partial charge is 0.293 e. The third kappa shape index (κ3) is 5.56. The predicted molar refractivity (Wildman–Crippen MR) is 140 cm³/mol. The number of nitrogens with two attached hydrogens (primary N) is 1. The fraction of sp³-hybridized carbons (Fsp3) is 0.783. The van der Waals surface area contributed by atoms with E-state index in [0.29, 0.717) is 13.0 Å². The molecule has 0 spiro atoms. The molecule has 2 aromatic heterocycles. The van der Waals surface area contributed by atoms with Gasteiger partial charge >= 0.3 is 0 Å². The Balaban J connectivity index is 1.97. The van der Waals surface area contributed by atoms with E-state index in [-0.39, 0.29) is 45.3 Å².